The van der Waals surface area contributed by atoms with Crippen LogP contribution in [0.4, 0.5) is 0 Å². The van der Waals surface area contributed by atoms with Crippen molar-refractivity contribution in [1.82, 2.24) is 4.90 Å². The number of thiophene rings is 1. The second-order valence-corrected chi connectivity index (χ2v) is 6.11. The van der Waals surface area contributed by atoms with Crippen molar-refractivity contribution in [2.24, 2.45) is 0 Å². The number of nitrogens with zero attached hydrogens (tertiary/aromatic N) is 1. The molecule has 0 aliphatic carbocycles. The van der Waals surface area contributed by atoms with Crippen LogP contribution in [0.25, 0.3) is 0 Å². The fourth-order valence-corrected chi connectivity index (χ4v) is 3.49. The number of fused-ring (bicyclic) bond motifs is 1. The van der Waals surface area contributed by atoms with E-state index >= 15 is 0 Å². The molecule has 0 spiro atoms. The Labute approximate surface area is 126 Å². The summed E-state index contributed by atoms with van der Waals surface area (Å²) >= 11 is 1.46. The van der Waals surface area contributed by atoms with E-state index in [1.165, 1.54) is 11.3 Å². The molecule has 108 valence electrons. The smallest absolute Gasteiger partial charge is 0.335 e. The molecule has 1 aliphatic heterocycles. The number of aromatic carboxylic acids is 1. The van der Waals surface area contributed by atoms with Crippen LogP contribution < -0.4 is 0 Å². The van der Waals surface area contributed by atoms with Crippen LogP contribution >= 0.6 is 11.3 Å². The average Bonchev–Trinajstić information content (AvgIpc) is 2.91. The van der Waals surface area contributed by atoms with Crippen LogP contribution in [0.5, 0.6) is 0 Å². The van der Waals surface area contributed by atoms with Crippen LogP contribution in [-0.2, 0) is 13.0 Å². The van der Waals surface area contributed by atoms with Gasteiger partial charge < -0.3 is 10.0 Å². The summed E-state index contributed by atoms with van der Waals surface area (Å²) in [5.41, 5.74) is 3.33. The Morgan fingerprint density at radius 2 is 2.05 bits per heavy atom. The number of aryl methyl sites for hydroxylation is 1. The summed E-state index contributed by atoms with van der Waals surface area (Å²) in [5, 5.41) is 11.0. The molecule has 0 unspecified atom stereocenters. The first-order valence-electron chi connectivity index (χ1n) is 6.74. The maximum absolute atomic E-state index is 12.5. The third-order valence-electron chi connectivity index (χ3n) is 3.81. The van der Waals surface area contributed by atoms with Gasteiger partial charge in [-0.1, -0.05) is 6.07 Å². The number of carboxylic acids is 1. The molecule has 21 heavy (non-hydrogen) atoms. The lowest BCUT2D eigenvalue weighted by Gasteiger charge is -2.29. The Hall–Kier alpha value is -2.14. The number of carbonyl (C=O) groups is 2. The van der Waals surface area contributed by atoms with Crippen molar-refractivity contribution in [2.75, 3.05) is 6.54 Å². The van der Waals surface area contributed by atoms with E-state index in [1.54, 1.807) is 17.0 Å². The highest BCUT2D eigenvalue weighted by Crippen LogP contribution is 2.24. The minimum Gasteiger partial charge on any atom is -0.478 e. The van der Waals surface area contributed by atoms with Gasteiger partial charge >= 0.3 is 5.97 Å². The average molecular weight is 301 g/mol. The van der Waals surface area contributed by atoms with Crippen LogP contribution in [-0.4, -0.2) is 28.4 Å². The van der Waals surface area contributed by atoms with Crippen molar-refractivity contribution in [3.8, 4) is 0 Å². The van der Waals surface area contributed by atoms with Crippen molar-refractivity contribution >= 4 is 23.2 Å². The van der Waals surface area contributed by atoms with Crippen LogP contribution in [0.15, 0.2) is 29.6 Å². The summed E-state index contributed by atoms with van der Waals surface area (Å²) < 4.78 is 0. The zero-order valence-corrected chi connectivity index (χ0v) is 12.4. The van der Waals surface area contributed by atoms with E-state index in [4.69, 9.17) is 5.11 Å². The molecule has 1 amide bonds. The van der Waals surface area contributed by atoms with E-state index in [9.17, 15) is 9.59 Å². The molecule has 5 heteroatoms. The fraction of sp³-hybridized carbons (Fsp3) is 0.250. The molecule has 0 fully saturated rings. The summed E-state index contributed by atoms with van der Waals surface area (Å²) in [6.07, 6.45) is 0.769. The maximum atomic E-state index is 12.5. The molecule has 2 heterocycles. The van der Waals surface area contributed by atoms with Gasteiger partial charge in [0.15, 0.2) is 0 Å². The Bertz CT molecular complexity index is 720. The molecular formula is C16H15NO3S. The number of rotatable bonds is 2. The van der Waals surface area contributed by atoms with Gasteiger partial charge in [0.25, 0.3) is 5.91 Å². The highest BCUT2D eigenvalue weighted by atomic mass is 32.1. The van der Waals surface area contributed by atoms with E-state index < -0.39 is 5.97 Å². The lowest BCUT2D eigenvalue weighted by Crippen LogP contribution is -2.36. The number of hydrogen-bond acceptors (Lipinski definition) is 3. The van der Waals surface area contributed by atoms with E-state index in [0.29, 0.717) is 13.1 Å². The molecule has 1 aliphatic rings. The number of carbonyl (C=O) groups excluding carboxylic acids is 1. The van der Waals surface area contributed by atoms with E-state index in [2.05, 4.69) is 0 Å². The van der Waals surface area contributed by atoms with E-state index in [-0.39, 0.29) is 11.5 Å². The summed E-state index contributed by atoms with van der Waals surface area (Å²) in [5.74, 6) is -0.899. The quantitative estimate of drug-likeness (QED) is 0.928. The molecule has 0 bridgehead atoms. The molecule has 0 atom stereocenters. The van der Waals surface area contributed by atoms with E-state index in [1.807, 2.05) is 24.4 Å². The first kappa shape index (κ1) is 13.8. The predicted octanol–water partition coefficient (Wildman–Crippen LogP) is 2.95. The second kappa shape index (κ2) is 5.33. The molecule has 0 radical (unpaired) electrons. The van der Waals surface area contributed by atoms with Crippen LogP contribution in [0.3, 0.4) is 0 Å². The normalized spacial score (nSPS) is 13.9. The molecule has 0 saturated heterocycles. The lowest BCUT2D eigenvalue weighted by atomic mass is 9.97. The Balaban J connectivity index is 1.87. The van der Waals surface area contributed by atoms with Gasteiger partial charge in [-0.2, -0.15) is 0 Å². The van der Waals surface area contributed by atoms with Crippen molar-refractivity contribution < 1.29 is 14.7 Å². The molecule has 4 nitrogen and oxygen atoms in total. The van der Waals surface area contributed by atoms with Crippen LogP contribution in [0, 0.1) is 6.92 Å². The molecular weight excluding hydrogens is 286 g/mol. The van der Waals surface area contributed by atoms with Crippen LogP contribution in [0.2, 0.25) is 0 Å². The fourth-order valence-electron chi connectivity index (χ4n) is 2.60. The first-order chi connectivity index (χ1) is 10.1. The summed E-state index contributed by atoms with van der Waals surface area (Å²) in [4.78, 5) is 26.2. The molecule has 3 rings (SSSR count). The number of amides is 1. The maximum Gasteiger partial charge on any atom is 0.335 e. The van der Waals surface area contributed by atoms with Gasteiger partial charge in [0, 0.05) is 13.1 Å². The van der Waals surface area contributed by atoms with Gasteiger partial charge in [-0.25, -0.2) is 4.79 Å². The molecule has 1 aromatic heterocycles. The molecule has 1 N–H and O–H groups in total. The summed E-state index contributed by atoms with van der Waals surface area (Å²) in [6.45, 7) is 3.09. The summed E-state index contributed by atoms with van der Waals surface area (Å²) in [7, 11) is 0. The van der Waals surface area contributed by atoms with Gasteiger partial charge in [0.05, 0.1) is 10.4 Å². The molecule has 0 saturated carbocycles. The van der Waals surface area contributed by atoms with Crippen LogP contribution in [0.1, 0.15) is 36.7 Å². The van der Waals surface area contributed by atoms with Crippen molar-refractivity contribution in [1.29, 1.82) is 0 Å². The van der Waals surface area contributed by atoms with Gasteiger partial charge in [-0.15, -0.1) is 11.3 Å². The molecule has 1 aromatic carbocycles. The first-order valence-corrected chi connectivity index (χ1v) is 7.62. The SMILES string of the molecule is Cc1ccsc1C(=O)N1CCc2ccc(C(=O)O)cc2C1. The third kappa shape index (κ3) is 2.56. The highest BCUT2D eigenvalue weighted by molar-refractivity contribution is 7.12. The number of hydrogen-bond donors (Lipinski definition) is 1. The Morgan fingerprint density at radius 1 is 1.24 bits per heavy atom. The van der Waals surface area contributed by atoms with Crippen molar-refractivity contribution in [3.63, 3.8) is 0 Å². The topological polar surface area (TPSA) is 57.6 Å². The third-order valence-corrected chi connectivity index (χ3v) is 4.81. The van der Waals surface area contributed by atoms with Crippen molar-refractivity contribution in [3.05, 3.63) is 56.8 Å². The largest absolute Gasteiger partial charge is 0.478 e. The number of carboxylic acid groups (broad SMARTS) is 1. The van der Waals surface area contributed by atoms with E-state index in [0.717, 1.165) is 28.0 Å². The Kier molecular flexibility index (Phi) is 3.51. The van der Waals surface area contributed by atoms with Gasteiger partial charge in [-0.05, 0) is 53.6 Å². The number of benzene rings is 1. The minimum atomic E-state index is -0.935. The minimum absolute atomic E-state index is 0.0360. The highest BCUT2D eigenvalue weighted by Gasteiger charge is 2.24. The standard InChI is InChI=1S/C16H15NO3S/c1-10-5-7-21-14(10)15(18)17-6-4-11-2-3-12(16(19)20)8-13(11)9-17/h2-3,5,7-8H,4,6,9H2,1H3,(H,19,20). The van der Waals surface area contributed by atoms with Gasteiger partial charge in [0.2, 0.25) is 0 Å². The van der Waals surface area contributed by atoms with Crippen molar-refractivity contribution in [2.45, 2.75) is 19.9 Å². The summed E-state index contributed by atoms with van der Waals surface area (Å²) in [6, 6.07) is 7.11. The second-order valence-electron chi connectivity index (χ2n) is 5.20. The lowest BCUT2D eigenvalue weighted by molar-refractivity contribution is 0.0696. The monoisotopic (exact) mass is 301 g/mol. The molecule has 2 aromatic rings. The van der Waals surface area contributed by atoms with Gasteiger partial charge in [0.1, 0.15) is 0 Å². The predicted molar refractivity (Wildman–Crippen MR) is 80.9 cm³/mol. The Morgan fingerprint density at radius 3 is 2.71 bits per heavy atom. The zero-order valence-electron chi connectivity index (χ0n) is 11.6. The zero-order chi connectivity index (χ0) is 15.0. The van der Waals surface area contributed by atoms with Gasteiger partial charge in [-0.3, -0.25) is 4.79 Å².